The molecule has 4 aliphatic rings. The van der Waals surface area contributed by atoms with Crippen molar-refractivity contribution < 1.29 is 9.90 Å². The van der Waals surface area contributed by atoms with Gasteiger partial charge in [-0.05, 0) is 105 Å². The van der Waals surface area contributed by atoms with Gasteiger partial charge in [-0.2, -0.15) is 10.5 Å². The molecule has 0 amide bonds. The maximum atomic E-state index is 12.8. The third-order valence-corrected chi connectivity index (χ3v) is 10.8. The number of nitrogens with zero attached hydrogens (tertiary/aromatic N) is 2. The fourth-order valence-electron chi connectivity index (χ4n) is 8.63. The van der Waals surface area contributed by atoms with Crippen molar-refractivity contribution in [2.45, 2.75) is 122 Å². The molecule has 2 bridgehead atoms. The summed E-state index contributed by atoms with van der Waals surface area (Å²) in [5, 5.41) is 29.9. The Morgan fingerprint density at radius 1 is 0.857 bits per heavy atom. The standard InChI is InChI=1S/C31H42N2O2/c1-3-5-6-11-28-12-15-30(16-13-28,17-14-28)29(10-4-2)18-20-31(21-19-29,27(34)35)26-9-7-8-24(22-32)25(26)23-33/h7-9H,3-6,10-21H2,1-2H3,(H,34,35). The summed E-state index contributed by atoms with van der Waals surface area (Å²) < 4.78 is 0. The van der Waals surface area contributed by atoms with Gasteiger partial charge in [-0.3, -0.25) is 4.79 Å². The van der Waals surface area contributed by atoms with Crippen LogP contribution >= 0.6 is 0 Å². The predicted molar refractivity (Wildman–Crippen MR) is 138 cm³/mol. The first-order valence-electron chi connectivity index (χ1n) is 14.0. The summed E-state index contributed by atoms with van der Waals surface area (Å²) >= 11 is 0. The van der Waals surface area contributed by atoms with Gasteiger partial charge in [0.25, 0.3) is 0 Å². The highest BCUT2D eigenvalue weighted by atomic mass is 16.4. The van der Waals surface area contributed by atoms with Crippen LogP contribution in [0.1, 0.15) is 133 Å². The molecule has 4 fully saturated rings. The minimum Gasteiger partial charge on any atom is -0.481 e. The number of aliphatic carboxylic acids is 1. The van der Waals surface area contributed by atoms with Crippen molar-refractivity contribution >= 4 is 5.97 Å². The van der Waals surface area contributed by atoms with Crippen LogP contribution in [0.2, 0.25) is 0 Å². The lowest BCUT2D eigenvalue weighted by Gasteiger charge is -2.64. The summed E-state index contributed by atoms with van der Waals surface area (Å²) in [5.41, 5.74) is 1.15. The highest BCUT2D eigenvalue weighted by Crippen LogP contribution is 2.70. The summed E-state index contributed by atoms with van der Waals surface area (Å²) in [6.07, 6.45) is 18.7. The third kappa shape index (κ3) is 4.18. The molecule has 1 aromatic rings. The summed E-state index contributed by atoms with van der Waals surface area (Å²) in [7, 11) is 0. The summed E-state index contributed by atoms with van der Waals surface area (Å²) in [5.74, 6) is -0.839. The van der Waals surface area contributed by atoms with Crippen LogP contribution in [-0.4, -0.2) is 11.1 Å². The topological polar surface area (TPSA) is 84.9 Å². The first-order valence-corrected chi connectivity index (χ1v) is 14.0. The van der Waals surface area contributed by atoms with E-state index < -0.39 is 11.4 Å². The van der Waals surface area contributed by atoms with E-state index in [1.807, 2.05) is 0 Å². The molecular weight excluding hydrogens is 432 g/mol. The second-order valence-corrected chi connectivity index (χ2v) is 12.1. The molecule has 0 unspecified atom stereocenters. The second-order valence-electron chi connectivity index (χ2n) is 12.1. The highest BCUT2D eigenvalue weighted by molar-refractivity contribution is 5.83. The van der Waals surface area contributed by atoms with E-state index >= 15 is 0 Å². The van der Waals surface area contributed by atoms with E-state index in [1.165, 1.54) is 70.6 Å². The Kier molecular flexibility index (Phi) is 7.33. The van der Waals surface area contributed by atoms with E-state index in [1.54, 1.807) is 18.2 Å². The molecule has 0 aromatic heterocycles. The molecule has 5 rings (SSSR count). The monoisotopic (exact) mass is 474 g/mol. The van der Waals surface area contributed by atoms with Crippen molar-refractivity contribution in [2.75, 3.05) is 0 Å². The van der Waals surface area contributed by atoms with Gasteiger partial charge in [0.1, 0.15) is 12.1 Å². The van der Waals surface area contributed by atoms with Gasteiger partial charge in [0, 0.05) is 0 Å². The number of hydrogen-bond donors (Lipinski definition) is 1. The lowest BCUT2D eigenvalue weighted by molar-refractivity contribution is -0.154. The third-order valence-electron chi connectivity index (χ3n) is 10.8. The Hall–Kier alpha value is -2.33. The molecule has 0 heterocycles. The van der Waals surface area contributed by atoms with Crippen molar-refractivity contribution in [3.63, 3.8) is 0 Å². The van der Waals surface area contributed by atoms with E-state index in [0.29, 0.717) is 29.2 Å². The minimum atomic E-state index is -1.07. The SMILES string of the molecule is CCCCCC12CCC(C3(CCC)CCC(C(=O)O)(c4cccc(C#N)c4C#N)CC3)(CC1)CC2. The van der Waals surface area contributed by atoms with Crippen LogP contribution < -0.4 is 0 Å². The molecule has 4 heteroatoms. The zero-order chi connectivity index (χ0) is 25.2. The van der Waals surface area contributed by atoms with Crippen LogP contribution in [0.15, 0.2) is 18.2 Å². The van der Waals surface area contributed by atoms with Crippen molar-refractivity contribution in [1.29, 1.82) is 10.5 Å². The Labute approximate surface area is 211 Å². The van der Waals surface area contributed by atoms with Crippen LogP contribution in [0.4, 0.5) is 0 Å². The number of hydrogen-bond acceptors (Lipinski definition) is 3. The number of unbranched alkanes of at least 4 members (excludes halogenated alkanes) is 2. The van der Waals surface area contributed by atoms with Crippen molar-refractivity contribution in [3.05, 3.63) is 34.9 Å². The zero-order valence-electron chi connectivity index (χ0n) is 21.8. The normalized spacial score (nSPS) is 34.2. The maximum Gasteiger partial charge on any atom is 0.314 e. The van der Waals surface area contributed by atoms with Crippen molar-refractivity contribution in [3.8, 4) is 12.1 Å². The molecule has 35 heavy (non-hydrogen) atoms. The molecule has 1 N–H and O–H groups in total. The fourth-order valence-corrected chi connectivity index (χ4v) is 8.63. The molecule has 4 saturated carbocycles. The number of nitriles is 2. The number of fused-ring (bicyclic) bond motifs is 3. The number of carboxylic acid groups (broad SMARTS) is 1. The Morgan fingerprint density at radius 3 is 2.03 bits per heavy atom. The zero-order valence-corrected chi connectivity index (χ0v) is 21.8. The van der Waals surface area contributed by atoms with Crippen LogP contribution in [0.25, 0.3) is 0 Å². The average molecular weight is 475 g/mol. The quantitative estimate of drug-likeness (QED) is 0.367. The molecule has 0 spiro atoms. The predicted octanol–water partition coefficient (Wildman–Crippen LogP) is 8.03. The molecule has 188 valence electrons. The van der Waals surface area contributed by atoms with E-state index in [-0.39, 0.29) is 16.5 Å². The van der Waals surface area contributed by atoms with E-state index in [0.717, 1.165) is 19.3 Å². The van der Waals surface area contributed by atoms with Crippen LogP contribution in [0.3, 0.4) is 0 Å². The maximum absolute atomic E-state index is 12.8. The van der Waals surface area contributed by atoms with Gasteiger partial charge >= 0.3 is 5.97 Å². The molecule has 4 aliphatic carbocycles. The molecule has 0 aliphatic heterocycles. The number of carboxylic acids is 1. The van der Waals surface area contributed by atoms with Gasteiger partial charge in [0.05, 0.1) is 16.5 Å². The fraction of sp³-hybridized carbons (Fsp3) is 0.710. The van der Waals surface area contributed by atoms with Crippen molar-refractivity contribution in [2.24, 2.45) is 16.2 Å². The molecule has 1 aromatic carbocycles. The molecule has 0 radical (unpaired) electrons. The van der Waals surface area contributed by atoms with Crippen LogP contribution in [0, 0.1) is 38.9 Å². The van der Waals surface area contributed by atoms with E-state index in [9.17, 15) is 20.4 Å². The summed E-state index contributed by atoms with van der Waals surface area (Å²) in [6.45, 7) is 4.57. The Bertz CT molecular complexity index is 995. The lowest BCUT2D eigenvalue weighted by atomic mass is 9.41. The summed E-state index contributed by atoms with van der Waals surface area (Å²) in [4.78, 5) is 12.8. The van der Waals surface area contributed by atoms with Gasteiger partial charge < -0.3 is 5.11 Å². The van der Waals surface area contributed by atoms with Crippen LogP contribution in [-0.2, 0) is 10.2 Å². The van der Waals surface area contributed by atoms with E-state index in [2.05, 4.69) is 26.0 Å². The molecule has 0 saturated heterocycles. The first kappa shape index (κ1) is 25.8. The van der Waals surface area contributed by atoms with E-state index in [4.69, 9.17) is 0 Å². The average Bonchev–Trinajstić information content (AvgIpc) is 2.89. The largest absolute Gasteiger partial charge is 0.481 e. The lowest BCUT2D eigenvalue weighted by Crippen LogP contribution is -2.55. The van der Waals surface area contributed by atoms with Gasteiger partial charge in [-0.25, -0.2) is 0 Å². The number of benzene rings is 1. The minimum absolute atomic E-state index is 0.205. The Balaban J connectivity index is 1.61. The second kappa shape index (κ2) is 9.97. The number of carbonyl (C=O) groups is 1. The molecule has 0 atom stereocenters. The highest BCUT2D eigenvalue weighted by Gasteiger charge is 2.60. The van der Waals surface area contributed by atoms with Gasteiger partial charge in [0.15, 0.2) is 0 Å². The smallest absolute Gasteiger partial charge is 0.314 e. The van der Waals surface area contributed by atoms with Crippen molar-refractivity contribution in [1.82, 2.24) is 0 Å². The molecular formula is C31H42N2O2. The van der Waals surface area contributed by atoms with Gasteiger partial charge in [-0.15, -0.1) is 0 Å². The molecule has 4 nitrogen and oxygen atoms in total. The Morgan fingerprint density at radius 2 is 1.51 bits per heavy atom. The summed E-state index contributed by atoms with van der Waals surface area (Å²) in [6, 6.07) is 9.41. The first-order chi connectivity index (χ1) is 16.9. The van der Waals surface area contributed by atoms with Crippen LogP contribution in [0.5, 0.6) is 0 Å². The van der Waals surface area contributed by atoms with Gasteiger partial charge in [-0.1, -0.05) is 51.7 Å². The van der Waals surface area contributed by atoms with Gasteiger partial charge in [0.2, 0.25) is 0 Å². The number of rotatable bonds is 9.